The third-order valence-corrected chi connectivity index (χ3v) is 14.4. The van der Waals surface area contributed by atoms with E-state index in [4.69, 9.17) is 13.8 Å². The summed E-state index contributed by atoms with van der Waals surface area (Å²) in [6.45, 7) is 0. The number of para-hydroxylation sites is 5. The topological polar surface area (TPSA) is 72.6 Å². The van der Waals surface area contributed by atoms with Crippen LogP contribution in [-0.4, -0.2) is 15.0 Å². The Morgan fingerprint density at radius 3 is 1.77 bits per heavy atom. The van der Waals surface area contributed by atoms with Crippen LogP contribution < -0.4 is 10.6 Å². The zero-order valence-electron chi connectivity index (χ0n) is 37.7. The summed E-state index contributed by atoms with van der Waals surface area (Å²) < 4.78 is 18.8. The summed E-state index contributed by atoms with van der Waals surface area (Å²) in [4.78, 5) is 5.49. The van der Waals surface area contributed by atoms with Gasteiger partial charge in [0.2, 0.25) is 0 Å². The predicted octanol–water partition coefficient (Wildman–Crippen LogP) is 15.7. The molecule has 5 heterocycles. The van der Waals surface area contributed by atoms with E-state index in [-0.39, 0.29) is 12.3 Å². The molecule has 0 fully saturated rings. The second kappa shape index (κ2) is 15.2. The molecule has 7 nitrogen and oxygen atoms in total. The van der Waals surface area contributed by atoms with Crippen molar-refractivity contribution in [2.45, 2.75) is 12.3 Å². The normalized spacial score (nSPS) is 15.3. The molecule has 330 valence electrons. The highest BCUT2D eigenvalue weighted by Gasteiger charge is 2.30. The van der Waals surface area contributed by atoms with Crippen molar-refractivity contribution in [1.29, 1.82) is 0 Å². The molecule has 14 aromatic rings. The average molecular weight is 900 g/mol. The number of benzene rings is 10. The minimum atomic E-state index is -0.306. The number of hydrogen-bond acceptors (Lipinski definition) is 5. The van der Waals surface area contributed by atoms with Gasteiger partial charge in [0.15, 0.2) is 5.58 Å². The van der Waals surface area contributed by atoms with Gasteiger partial charge in [-0.15, -0.1) is 0 Å². The number of furan rings is 2. The van der Waals surface area contributed by atoms with E-state index in [1.54, 1.807) is 0 Å². The lowest BCUT2D eigenvalue weighted by atomic mass is 9.96. The highest BCUT2D eigenvalue weighted by molar-refractivity contribution is 6.26. The van der Waals surface area contributed by atoms with Crippen LogP contribution in [0.3, 0.4) is 0 Å². The Morgan fingerprint density at radius 2 is 1.01 bits per heavy atom. The van der Waals surface area contributed by atoms with Crippen molar-refractivity contribution in [3.8, 4) is 22.5 Å². The van der Waals surface area contributed by atoms with Crippen LogP contribution in [0.2, 0.25) is 0 Å². The van der Waals surface area contributed by atoms with Crippen LogP contribution in [-0.2, 0) is 0 Å². The van der Waals surface area contributed by atoms with Crippen molar-refractivity contribution in [3.63, 3.8) is 0 Å². The van der Waals surface area contributed by atoms with Gasteiger partial charge in [-0.25, -0.2) is 4.99 Å². The van der Waals surface area contributed by atoms with Gasteiger partial charge in [0.25, 0.3) is 0 Å². The Kier molecular flexibility index (Phi) is 8.43. The van der Waals surface area contributed by atoms with E-state index in [1.807, 2.05) is 12.1 Å². The summed E-state index contributed by atoms with van der Waals surface area (Å²) in [6, 6.07) is 79.6. The Balaban J connectivity index is 1.05. The summed E-state index contributed by atoms with van der Waals surface area (Å²) in [7, 11) is 0. The number of nitrogens with zero attached hydrogens (tertiary/aromatic N) is 3. The van der Waals surface area contributed by atoms with Crippen LogP contribution in [0.1, 0.15) is 29.0 Å². The highest BCUT2D eigenvalue weighted by atomic mass is 16.3. The quantitative estimate of drug-likeness (QED) is 0.174. The monoisotopic (exact) mass is 899 g/mol. The maximum Gasteiger partial charge on any atom is 0.159 e. The second-order valence-corrected chi connectivity index (χ2v) is 18.3. The molecular formula is C63H41N5O2. The van der Waals surface area contributed by atoms with E-state index >= 15 is 0 Å². The van der Waals surface area contributed by atoms with E-state index in [0.29, 0.717) is 0 Å². The lowest BCUT2D eigenvalue weighted by molar-refractivity contribution is 0.409. The lowest BCUT2D eigenvalue weighted by Crippen LogP contribution is -2.45. The molecule has 7 heteroatoms. The van der Waals surface area contributed by atoms with Gasteiger partial charge in [-0.3, -0.25) is 5.32 Å². The van der Waals surface area contributed by atoms with Gasteiger partial charge in [-0.05, 0) is 77.4 Å². The molecule has 0 radical (unpaired) electrons. The fourth-order valence-corrected chi connectivity index (χ4v) is 11.3. The van der Waals surface area contributed by atoms with Gasteiger partial charge in [0, 0.05) is 59.9 Å². The number of rotatable bonds is 6. The number of amidine groups is 1. The fraction of sp³-hybridized carbons (Fsp3) is 0.0317. The molecule has 2 N–H and O–H groups in total. The maximum atomic E-state index is 7.56. The second-order valence-electron chi connectivity index (χ2n) is 18.3. The van der Waals surface area contributed by atoms with E-state index < -0.39 is 0 Å². The molecule has 0 amide bonds. The molecule has 4 aromatic heterocycles. The van der Waals surface area contributed by atoms with Gasteiger partial charge in [-0.2, -0.15) is 0 Å². The summed E-state index contributed by atoms with van der Waals surface area (Å²) in [6.07, 6.45) is -0.519. The minimum absolute atomic E-state index is 0.212. The van der Waals surface area contributed by atoms with Gasteiger partial charge >= 0.3 is 0 Å². The summed E-state index contributed by atoms with van der Waals surface area (Å²) >= 11 is 0. The largest absolute Gasteiger partial charge is 0.456 e. The molecule has 1 aliphatic heterocycles. The third-order valence-electron chi connectivity index (χ3n) is 14.4. The van der Waals surface area contributed by atoms with Gasteiger partial charge < -0.3 is 23.3 Å². The predicted molar refractivity (Wildman–Crippen MR) is 286 cm³/mol. The van der Waals surface area contributed by atoms with E-state index in [1.165, 1.54) is 21.5 Å². The number of aromatic nitrogens is 2. The summed E-state index contributed by atoms with van der Waals surface area (Å²) in [5.41, 5.74) is 15.0. The molecule has 0 saturated carbocycles. The van der Waals surface area contributed by atoms with Crippen molar-refractivity contribution in [1.82, 2.24) is 19.8 Å². The van der Waals surface area contributed by atoms with E-state index in [0.717, 1.165) is 111 Å². The Hall–Kier alpha value is -9.17. The molecule has 0 spiro atoms. The maximum absolute atomic E-state index is 7.56. The molecule has 0 aliphatic carbocycles. The first kappa shape index (κ1) is 38.9. The Morgan fingerprint density at radius 1 is 0.414 bits per heavy atom. The molecule has 70 heavy (non-hydrogen) atoms. The van der Waals surface area contributed by atoms with Crippen LogP contribution in [0.15, 0.2) is 238 Å². The number of aliphatic imine (C=N–C) groups is 1. The molecule has 1 aliphatic rings. The lowest BCUT2D eigenvalue weighted by Gasteiger charge is -2.32. The SMILES string of the molecule is c1ccc(C2N=C(c3ccc(-c4ccc5oc6ccccc6c5c4)c4oc5c(-n6c7ccccc7c7ccc8c9ccccc9n(-c9ccccc9)c8c76)cccc5c34)NC(c3ccccc3)N2)cc1. The standard InChI is InChI=1S/C63H41N5O2/c1-4-17-38(18-5-1)61-64-62(39-19-6-2-7-20-39)66-63(65-61)49-35-32-42(40-31-36-55-50(37-40)45-25-12-15-30-54(45)69-55)60-56(49)48-26-16-29-53(59(48)70-60)68-52-28-14-11-24-44(52)47-34-33-46-43-23-10-13-27-51(43)67(57(46)58(47)68)41-21-8-3-9-22-41/h1-37,61-62,64H,(H,65,66). The molecule has 0 saturated heterocycles. The fourth-order valence-electron chi connectivity index (χ4n) is 11.3. The molecule has 10 aromatic carbocycles. The molecule has 15 rings (SSSR count). The summed E-state index contributed by atoms with van der Waals surface area (Å²) in [5.74, 6) is 0.786. The van der Waals surface area contributed by atoms with Crippen LogP contribution in [0.4, 0.5) is 0 Å². The first-order valence-electron chi connectivity index (χ1n) is 23.9. The smallest absolute Gasteiger partial charge is 0.159 e. The van der Waals surface area contributed by atoms with Crippen molar-refractivity contribution < 1.29 is 8.83 Å². The average Bonchev–Trinajstić information content (AvgIpc) is 4.19. The third kappa shape index (κ3) is 5.76. The van der Waals surface area contributed by atoms with Crippen molar-refractivity contribution in [2.75, 3.05) is 0 Å². The van der Waals surface area contributed by atoms with E-state index in [9.17, 15) is 0 Å². The van der Waals surface area contributed by atoms with Crippen molar-refractivity contribution in [2.24, 2.45) is 4.99 Å². The Labute approximate surface area is 401 Å². The molecule has 0 bridgehead atoms. The molecule has 2 unspecified atom stereocenters. The van der Waals surface area contributed by atoms with Gasteiger partial charge in [0.05, 0.1) is 27.8 Å². The molecular weight excluding hydrogens is 859 g/mol. The first-order valence-corrected chi connectivity index (χ1v) is 23.9. The van der Waals surface area contributed by atoms with Crippen LogP contribution >= 0.6 is 0 Å². The number of nitrogens with one attached hydrogen (secondary N) is 2. The van der Waals surface area contributed by atoms with E-state index in [2.05, 4.69) is 232 Å². The van der Waals surface area contributed by atoms with Gasteiger partial charge in [0.1, 0.15) is 34.9 Å². The first-order chi connectivity index (χ1) is 34.7. The van der Waals surface area contributed by atoms with Crippen molar-refractivity contribution >= 4 is 93.3 Å². The van der Waals surface area contributed by atoms with Crippen LogP contribution in [0.25, 0.3) is 110 Å². The Bertz CT molecular complexity index is 4430. The zero-order chi connectivity index (χ0) is 45.9. The summed E-state index contributed by atoms with van der Waals surface area (Å²) in [5, 5.41) is 16.5. The van der Waals surface area contributed by atoms with Gasteiger partial charge in [-0.1, -0.05) is 164 Å². The highest BCUT2D eigenvalue weighted by Crippen LogP contribution is 2.46. The minimum Gasteiger partial charge on any atom is -0.456 e. The zero-order valence-corrected chi connectivity index (χ0v) is 37.7. The number of fused-ring (bicyclic) bond motifs is 13. The van der Waals surface area contributed by atoms with Crippen LogP contribution in [0.5, 0.6) is 0 Å². The molecule has 2 atom stereocenters. The number of hydrogen-bond donors (Lipinski definition) is 2. The van der Waals surface area contributed by atoms with Crippen molar-refractivity contribution in [3.05, 3.63) is 241 Å². The van der Waals surface area contributed by atoms with Crippen LogP contribution in [0, 0.1) is 0 Å².